The fourth-order valence-electron chi connectivity index (χ4n) is 3.63. The lowest BCUT2D eigenvalue weighted by molar-refractivity contribution is -0.209. The number of ether oxygens (including phenoxy) is 1. The molecule has 162 valence electrons. The molecule has 12 heteroatoms. The van der Waals surface area contributed by atoms with E-state index in [9.17, 15) is 14.3 Å². The van der Waals surface area contributed by atoms with Crippen LogP contribution in [0.2, 0.25) is 0 Å². The third-order valence-electron chi connectivity index (χ3n) is 5.22. The van der Waals surface area contributed by atoms with Crippen molar-refractivity contribution < 1.29 is 23.1 Å². The van der Waals surface area contributed by atoms with Gasteiger partial charge in [0.1, 0.15) is 7.60 Å². The van der Waals surface area contributed by atoms with E-state index in [4.69, 9.17) is 15.0 Å². The Morgan fingerprint density at radius 1 is 1.38 bits per heavy atom. The molecule has 1 fully saturated rings. The number of fused-ring (bicyclic) bond motifs is 1. The number of H-pyrrole nitrogens is 1. The Balaban J connectivity index is 1.97. The Morgan fingerprint density at radius 3 is 2.62 bits per heavy atom. The van der Waals surface area contributed by atoms with Gasteiger partial charge in [0, 0.05) is 11.6 Å². The second-order valence-electron chi connectivity index (χ2n) is 7.98. The zero-order valence-corrected chi connectivity index (χ0v) is 17.8. The first kappa shape index (κ1) is 21.9. The summed E-state index contributed by atoms with van der Waals surface area (Å²) >= 11 is 0. The normalized spacial score (nSPS) is 28.3. The van der Waals surface area contributed by atoms with Crippen LogP contribution in [0.4, 0.5) is 10.3 Å². The van der Waals surface area contributed by atoms with Gasteiger partial charge in [0.2, 0.25) is 5.95 Å². The summed E-state index contributed by atoms with van der Waals surface area (Å²) < 4.78 is 40.2. The van der Waals surface area contributed by atoms with Crippen molar-refractivity contribution in [3.05, 3.63) is 16.7 Å². The number of nitrogen functional groups attached to an aromatic ring is 1. The second-order valence-corrected chi connectivity index (χ2v) is 10.3. The summed E-state index contributed by atoms with van der Waals surface area (Å²) in [5, 5.41) is 0. The third kappa shape index (κ3) is 3.96. The highest BCUT2D eigenvalue weighted by atomic mass is 31.2. The number of hydrogen-bond acceptors (Lipinski definition) is 8. The van der Waals surface area contributed by atoms with Gasteiger partial charge in [0.05, 0.1) is 18.5 Å². The van der Waals surface area contributed by atoms with Crippen LogP contribution < -0.4 is 16.2 Å². The van der Waals surface area contributed by atoms with Crippen molar-refractivity contribution in [2.75, 3.05) is 5.73 Å². The second kappa shape index (κ2) is 7.79. The standard InChI is InChI=1S/C17H27FN5O5P/c1-7(2)10-11(18)16(27-13(10)9(5)28-29(25,26)8(3)4)23-6-20-12-14(23)21-17(19)22-15(12)24/h6-11,13,16H,1-5H3,(H,25,26)(H3,19,21,22,24)/p-1. The van der Waals surface area contributed by atoms with Crippen LogP contribution in [0.5, 0.6) is 0 Å². The summed E-state index contributed by atoms with van der Waals surface area (Å²) in [6, 6.07) is 0. The molecule has 1 aliphatic rings. The van der Waals surface area contributed by atoms with Gasteiger partial charge < -0.3 is 24.5 Å². The van der Waals surface area contributed by atoms with Crippen LogP contribution in [-0.2, 0) is 13.8 Å². The Bertz CT molecular complexity index is 992. The molecule has 2 aromatic heterocycles. The van der Waals surface area contributed by atoms with E-state index in [0.29, 0.717) is 0 Å². The molecule has 29 heavy (non-hydrogen) atoms. The van der Waals surface area contributed by atoms with Crippen molar-refractivity contribution in [3.63, 3.8) is 0 Å². The number of aromatic nitrogens is 4. The van der Waals surface area contributed by atoms with Crippen LogP contribution in [0.3, 0.4) is 0 Å². The maximum atomic E-state index is 15.5. The van der Waals surface area contributed by atoms with Crippen LogP contribution in [0.1, 0.15) is 40.8 Å². The Kier molecular flexibility index (Phi) is 5.88. The van der Waals surface area contributed by atoms with E-state index in [2.05, 4.69) is 15.0 Å². The fraction of sp³-hybridized carbons (Fsp3) is 0.706. The molecule has 0 radical (unpaired) electrons. The monoisotopic (exact) mass is 430 g/mol. The topological polar surface area (TPSA) is 148 Å². The minimum absolute atomic E-state index is 0.00714. The quantitative estimate of drug-likeness (QED) is 0.656. The highest BCUT2D eigenvalue weighted by molar-refractivity contribution is 7.52. The number of imidazole rings is 1. The molecule has 3 heterocycles. The van der Waals surface area contributed by atoms with Gasteiger partial charge in [-0.1, -0.05) is 27.7 Å². The number of aromatic amines is 1. The number of nitrogens with two attached hydrogens (primary N) is 1. The van der Waals surface area contributed by atoms with Crippen LogP contribution >= 0.6 is 7.60 Å². The summed E-state index contributed by atoms with van der Waals surface area (Å²) in [5.41, 5.74) is 4.45. The molecule has 1 aliphatic heterocycles. The maximum Gasteiger partial charge on any atom is 0.280 e. The Morgan fingerprint density at radius 2 is 2.03 bits per heavy atom. The molecular weight excluding hydrogens is 404 g/mol. The summed E-state index contributed by atoms with van der Waals surface area (Å²) in [7, 11) is -4.13. The lowest BCUT2D eigenvalue weighted by Crippen LogP contribution is -2.37. The molecule has 3 N–H and O–H groups in total. The third-order valence-corrected chi connectivity index (χ3v) is 7.11. The molecule has 0 aliphatic carbocycles. The van der Waals surface area contributed by atoms with Crippen molar-refractivity contribution in [2.45, 2.75) is 64.9 Å². The minimum Gasteiger partial charge on any atom is -0.778 e. The molecule has 6 atom stereocenters. The number of alkyl halides is 1. The molecule has 0 spiro atoms. The van der Waals surface area contributed by atoms with Gasteiger partial charge >= 0.3 is 0 Å². The van der Waals surface area contributed by atoms with Gasteiger partial charge in [-0.3, -0.25) is 14.3 Å². The van der Waals surface area contributed by atoms with E-state index >= 15 is 4.39 Å². The van der Waals surface area contributed by atoms with E-state index < -0.39 is 49.3 Å². The predicted molar refractivity (Wildman–Crippen MR) is 103 cm³/mol. The number of nitrogens with one attached hydrogen (secondary N) is 1. The first-order valence-electron chi connectivity index (χ1n) is 9.45. The van der Waals surface area contributed by atoms with Crippen molar-refractivity contribution in [2.24, 2.45) is 11.8 Å². The number of halogens is 1. The van der Waals surface area contributed by atoms with E-state index in [1.54, 1.807) is 6.92 Å². The van der Waals surface area contributed by atoms with Crippen LogP contribution in [0.15, 0.2) is 11.1 Å². The Hall–Kier alpha value is -1.81. The predicted octanol–water partition coefficient (Wildman–Crippen LogP) is 1.58. The van der Waals surface area contributed by atoms with E-state index in [1.807, 2.05) is 13.8 Å². The van der Waals surface area contributed by atoms with Crippen LogP contribution in [-0.4, -0.2) is 43.6 Å². The van der Waals surface area contributed by atoms with Gasteiger partial charge in [0.25, 0.3) is 5.56 Å². The first-order valence-corrected chi connectivity index (χ1v) is 11.1. The number of hydrogen-bond donors (Lipinski definition) is 2. The molecule has 0 saturated carbocycles. The van der Waals surface area contributed by atoms with Crippen LogP contribution in [0.25, 0.3) is 11.2 Å². The molecule has 0 aromatic carbocycles. The molecule has 6 unspecified atom stereocenters. The molecule has 3 rings (SSSR count). The first-order chi connectivity index (χ1) is 13.4. The lowest BCUT2D eigenvalue weighted by Gasteiger charge is -2.34. The van der Waals surface area contributed by atoms with Gasteiger partial charge in [-0.25, -0.2) is 9.37 Å². The molecular formula is C17H26FN5O5P-. The molecule has 2 aromatic rings. The lowest BCUT2D eigenvalue weighted by atomic mass is 9.85. The summed E-state index contributed by atoms with van der Waals surface area (Å²) in [6.07, 6.45) is -3.11. The number of rotatable bonds is 6. The van der Waals surface area contributed by atoms with E-state index in [-0.39, 0.29) is 23.0 Å². The SMILES string of the molecule is CC(C)C1C(F)C(n2cnc3c(=O)[nH]c(N)nc32)OC1C(C)OP(=O)([O-])C(C)C. The van der Waals surface area contributed by atoms with Crippen molar-refractivity contribution in [1.82, 2.24) is 19.5 Å². The molecule has 0 amide bonds. The number of anilines is 1. The van der Waals surface area contributed by atoms with E-state index in [1.165, 1.54) is 24.7 Å². The fourth-order valence-corrected chi connectivity index (χ4v) is 4.46. The van der Waals surface area contributed by atoms with Gasteiger partial charge in [0.15, 0.2) is 23.6 Å². The highest BCUT2D eigenvalue weighted by Gasteiger charge is 2.50. The summed E-state index contributed by atoms with van der Waals surface area (Å²) in [5.74, 6) is -0.929. The van der Waals surface area contributed by atoms with Crippen LogP contribution in [0, 0.1) is 11.8 Å². The number of nitrogens with zero attached hydrogens (tertiary/aromatic N) is 3. The van der Waals surface area contributed by atoms with Gasteiger partial charge in [-0.2, -0.15) is 4.98 Å². The van der Waals surface area contributed by atoms with Crippen molar-refractivity contribution in [3.8, 4) is 0 Å². The van der Waals surface area contributed by atoms with E-state index in [0.717, 1.165) is 0 Å². The largest absolute Gasteiger partial charge is 0.778 e. The average Bonchev–Trinajstić information content (AvgIpc) is 3.15. The van der Waals surface area contributed by atoms with Crippen molar-refractivity contribution >= 4 is 24.7 Å². The molecule has 1 saturated heterocycles. The highest BCUT2D eigenvalue weighted by Crippen LogP contribution is 2.48. The smallest absolute Gasteiger partial charge is 0.280 e. The van der Waals surface area contributed by atoms with Gasteiger partial charge in [-0.05, 0) is 12.8 Å². The molecule has 10 nitrogen and oxygen atoms in total. The minimum atomic E-state index is -4.13. The van der Waals surface area contributed by atoms with Crippen molar-refractivity contribution in [1.29, 1.82) is 0 Å². The van der Waals surface area contributed by atoms with Gasteiger partial charge in [-0.15, -0.1) is 0 Å². The zero-order chi connectivity index (χ0) is 21.7. The zero-order valence-electron chi connectivity index (χ0n) is 16.9. The maximum absolute atomic E-state index is 15.5. The molecule has 0 bridgehead atoms. The average molecular weight is 430 g/mol. The summed E-state index contributed by atoms with van der Waals surface area (Å²) in [6.45, 7) is 8.24. The Labute approximate surface area is 167 Å². The summed E-state index contributed by atoms with van der Waals surface area (Å²) in [4.78, 5) is 34.6.